The maximum absolute atomic E-state index is 12.7. The summed E-state index contributed by atoms with van der Waals surface area (Å²) in [4.78, 5) is 27.1. The molecule has 1 fully saturated rings. The van der Waals surface area contributed by atoms with E-state index in [9.17, 15) is 9.59 Å². The van der Waals surface area contributed by atoms with Gasteiger partial charge in [-0.1, -0.05) is 48.0 Å². The molecule has 0 radical (unpaired) electrons. The molecule has 2 unspecified atom stereocenters. The first-order valence-corrected chi connectivity index (χ1v) is 9.62. The van der Waals surface area contributed by atoms with Crippen molar-refractivity contribution in [1.82, 2.24) is 10.2 Å². The van der Waals surface area contributed by atoms with Crippen molar-refractivity contribution < 1.29 is 9.59 Å². The van der Waals surface area contributed by atoms with Crippen LogP contribution in [0.5, 0.6) is 0 Å². The lowest BCUT2D eigenvalue weighted by Gasteiger charge is -2.39. The average molecular weight is 386 g/mol. The number of nitrogens with one attached hydrogen (secondary N) is 2. The molecule has 3 amide bonds. The Morgan fingerprint density at radius 3 is 2.59 bits per heavy atom. The van der Waals surface area contributed by atoms with Crippen molar-refractivity contribution in [2.75, 3.05) is 18.4 Å². The third-order valence-electron chi connectivity index (χ3n) is 4.82. The molecule has 0 saturated carbocycles. The Labute approximate surface area is 164 Å². The molecule has 0 spiro atoms. The predicted octanol–water partition coefficient (Wildman–Crippen LogP) is 4.46. The van der Waals surface area contributed by atoms with Gasteiger partial charge in [0.1, 0.15) is 0 Å². The molecule has 6 heteroatoms. The van der Waals surface area contributed by atoms with Gasteiger partial charge in [0.2, 0.25) is 5.91 Å². The fraction of sp³-hybridized carbons (Fsp3) is 0.333. The van der Waals surface area contributed by atoms with Crippen LogP contribution in [0.2, 0.25) is 5.02 Å². The van der Waals surface area contributed by atoms with Crippen LogP contribution in [0.15, 0.2) is 54.6 Å². The molecule has 5 nitrogen and oxygen atoms in total. The molecular weight excluding hydrogens is 362 g/mol. The summed E-state index contributed by atoms with van der Waals surface area (Å²) >= 11 is 5.99. The number of nitrogens with zero attached hydrogens (tertiary/aromatic N) is 1. The fourth-order valence-electron chi connectivity index (χ4n) is 3.49. The number of rotatable bonds is 4. The zero-order chi connectivity index (χ0) is 19.2. The molecule has 142 valence electrons. The Kier molecular flexibility index (Phi) is 6.35. The second-order valence-corrected chi connectivity index (χ2v) is 7.12. The van der Waals surface area contributed by atoms with Crippen molar-refractivity contribution in [3.05, 3.63) is 65.2 Å². The van der Waals surface area contributed by atoms with Crippen LogP contribution in [0.4, 0.5) is 10.5 Å². The van der Waals surface area contributed by atoms with Crippen molar-refractivity contribution in [2.24, 2.45) is 5.92 Å². The summed E-state index contributed by atoms with van der Waals surface area (Å²) in [6.07, 6.45) is 1.47. The van der Waals surface area contributed by atoms with E-state index >= 15 is 0 Å². The third kappa shape index (κ3) is 4.80. The lowest BCUT2D eigenvalue weighted by atomic mass is 9.88. The van der Waals surface area contributed by atoms with E-state index in [0.717, 1.165) is 18.4 Å². The smallest absolute Gasteiger partial charge is 0.317 e. The van der Waals surface area contributed by atoms with Gasteiger partial charge in [-0.15, -0.1) is 0 Å². The Balaban J connectivity index is 1.74. The van der Waals surface area contributed by atoms with Gasteiger partial charge in [0.15, 0.2) is 0 Å². The van der Waals surface area contributed by atoms with E-state index in [1.165, 1.54) is 0 Å². The number of anilines is 1. The molecule has 1 heterocycles. The van der Waals surface area contributed by atoms with E-state index in [-0.39, 0.29) is 23.9 Å². The highest BCUT2D eigenvalue weighted by Crippen LogP contribution is 2.34. The summed E-state index contributed by atoms with van der Waals surface area (Å²) in [5.41, 5.74) is 1.76. The first-order chi connectivity index (χ1) is 13.1. The van der Waals surface area contributed by atoms with Gasteiger partial charge in [0, 0.05) is 23.8 Å². The molecule has 2 aromatic rings. The van der Waals surface area contributed by atoms with Crippen LogP contribution in [0.3, 0.4) is 0 Å². The van der Waals surface area contributed by atoms with Gasteiger partial charge >= 0.3 is 6.03 Å². The highest BCUT2D eigenvalue weighted by Gasteiger charge is 2.35. The third-order valence-corrected chi connectivity index (χ3v) is 5.05. The van der Waals surface area contributed by atoms with Gasteiger partial charge in [-0.3, -0.25) is 4.79 Å². The van der Waals surface area contributed by atoms with E-state index in [0.29, 0.717) is 23.8 Å². The first-order valence-electron chi connectivity index (χ1n) is 9.24. The SMILES string of the molecule is CCNC(=O)N1CC(C(=O)Nc2cccc(Cl)c2)CCC1c1ccccc1. The van der Waals surface area contributed by atoms with Gasteiger partial charge in [0.05, 0.1) is 12.0 Å². The molecule has 27 heavy (non-hydrogen) atoms. The van der Waals surface area contributed by atoms with Crippen LogP contribution in [0.1, 0.15) is 31.4 Å². The maximum atomic E-state index is 12.7. The number of piperidine rings is 1. The van der Waals surface area contributed by atoms with E-state index in [4.69, 9.17) is 11.6 Å². The fourth-order valence-corrected chi connectivity index (χ4v) is 3.68. The maximum Gasteiger partial charge on any atom is 0.317 e. The summed E-state index contributed by atoms with van der Waals surface area (Å²) in [6.45, 7) is 2.83. The summed E-state index contributed by atoms with van der Waals surface area (Å²) in [5, 5.41) is 6.36. The van der Waals surface area contributed by atoms with Crippen molar-refractivity contribution in [3.8, 4) is 0 Å². The number of likely N-dealkylation sites (tertiary alicyclic amines) is 1. The minimum Gasteiger partial charge on any atom is -0.338 e. The van der Waals surface area contributed by atoms with Crippen LogP contribution in [-0.4, -0.2) is 29.9 Å². The summed E-state index contributed by atoms with van der Waals surface area (Å²) in [7, 11) is 0. The van der Waals surface area contributed by atoms with Gasteiger partial charge in [-0.25, -0.2) is 4.79 Å². The van der Waals surface area contributed by atoms with E-state index < -0.39 is 0 Å². The molecule has 1 saturated heterocycles. The number of carbonyl (C=O) groups excluding carboxylic acids is 2. The number of amides is 3. The van der Waals surface area contributed by atoms with E-state index in [2.05, 4.69) is 10.6 Å². The molecule has 2 aromatic carbocycles. The molecular formula is C21H24ClN3O2. The summed E-state index contributed by atoms with van der Waals surface area (Å²) in [6, 6.07) is 16.9. The molecule has 1 aliphatic rings. The quantitative estimate of drug-likeness (QED) is 0.816. The Hall–Kier alpha value is -2.53. The Bertz CT molecular complexity index is 797. The van der Waals surface area contributed by atoms with Crippen molar-refractivity contribution >= 4 is 29.2 Å². The lowest BCUT2D eigenvalue weighted by molar-refractivity contribution is -0.121. The number of carbonyl (C=O) groups is 2. The second-order valence-electron chi connectivity index (χ2n) is 6.69. The second kappa shape index (κ2) is 8.91. The van der Waals surface area contributed by atoms with Gasteiger partial charge in [0.25, 0.3) is 0 Å². The summed E-state index contributed by atoms with van der Waals surface area (Å²) in [5.74, 6) is -0.343. The standard InChI is InChI=1S/C21H24ClN3O2/c1-2-23-21(27)25-14-16(11-12-19(25)15-7-4-3-5-8-15)20(26)24-18-10-6-9-17(22)13-18/h3-10,13,16,19H,2,11-12,14H2,1H3,(H,23,27)(H,24,26). The van der Waals surface area contributed by atoms with Gasteiger partial charge in [-0.2, -0.15) is 0 Å². The monoisotopic (exact) mass is 385 g/mol. The molecule has 3 rings (SSSR count). The Morgan fingerprint density at radius 1 is 1.11 bits per heavy atom. The highest BCUT2D eigenvalue weighted by atomic mass is 35.5. The minimum absolute atomic E-state index is 0.0204. The highest BCUT2D eigenvalue weighted by molar-refractivity contribution is 6.30. The van der Waals surface area contributed by atoms with Crippen LogP contribution >= 0.6 is 11.6 Å². The number of hydrogen-bond acceptors (Lipinski definition) is 2. The van der Waals surface area contributed by atoms with Crippen molar-refractivity contribution in [3.63, 3.8) is 0 Å². The van der Waals surface area contributed by atoms with Crippen LogP contribution in [-0.2, 0) is 4.79 Å². The molecule has 1 aliphatic heterocycles. The number of benzene rings is 2. The number of halogens is 1. The predicted molar refractivity (Wildman–Crippen MR) is 108 cm³/mol. The van der Waals surface area contributed by atoms with Crippen molar-refractivity contribution in [2.45, 2.75) is 25.8 Å². The van der Waals surface area contributed by atoms with E-state index in [1.54, 1.807) is 29.2 Å². The van der Waals surface area contributed by atoms with Crippen LogP contribution in [0, 0.1) is 5.92 Å². The number of urea groups is 1. The normalized spacial score (nSPS) is 19.4. The molecule has 0 aliphatic carbocycles. The van der Waals surface area contributed by atoms with Gasteiger partial charge < -0.3 is 15.5 Å². The first kappa shape index (κ1) is 19.2. The van der Waals surface area contributed by atoms with Crippen LogP contribution < -0.4 is 10.6 Å². The molecule has 2 atom stereocenters. The van der Waals surface area contributed by atoms with E-state index in [1.807, 2.05) is 37.3 Å². The average Bonchev–Trinajstić information content (AvgIpc) is 2.68. The zero-order valence-corrected chi connectivity index (χ0v) is 16.1. The number of hydrogen-bond donors (Lipinski definition) is 2. The lowest BCUT2D eigenvalue weighted by Crippen LogP contribution is -2.49. The Morgan fingerprint density at radius 2 is 1.89 bits per heavy atom. The zero-order valence-electron chi connectivity index (χ0n) is 15.3. The van der Waals surface area contributed by atoms with Gasteiger partial charge in [-0.05, 0) is 43.5 Å². The topological polar surface area (TPSA) is 61.4 Å². The van der Waals surface area contributed by atoms with Crippen LogP contribution in [0.25, 0.3) is 0 Å². The minimum atomic E-state index is -0.258. The molecule has 0 aromatic heterocycles. The van der Waals surface area contributed by atoms with Crippen molar-refractivity contribution in [1.29, 1.82) is 0 Å². The molecule has 2 N–H and O–H groups in total. The molecule has 0 bridgehead atoms. The summed E-state index contributed by atoms with van der Waals surface area (Å²) < 4.78 is 0. The largest absolute Gasteiger partial charge is 0.338 e.